The van der Waals surface area contributed by atoms with Crippen molar-refractivity contribution < 1.29 is 22.7 Å². The van der Waals surface area contributed by atoms with Gasteiger partial charge in [0.25, 0.3) is 0 Å². The van der Waals surface area contributed by atoms with Gasteiger partial charge in [0.15, 0.2) is 0 Å². The molecule has 2 aromatic rings. The van der Waals surface area contributed by atoms with E-state index in [0.717, 1.165) is 42.6 Å². The van der Waals surface area contributed by atoms with Crippen LogP contribution in [0.4, 0.5) is 18.9 Å². The quantitative estimate of drug-likeness (QED) is 0.652. The van der Waals surface area contributed by atoms with Crippen LogP contribution in [0.3, 0.4) is 0 Å². The van der Waals surface area contributed by atoms with Gasteiger partial charge in [-0.15, -0.1) is 0 Å². The molecular formula is C25H27F3N2O2. The van der Waals surface area contributed by atoms with Crippen molar-refractivity contribution in [1.29, 1.82) is 0 Å². The first-order valence-corrected chi connectivity index (χ1v) is 10.9. The zero-order chi connectivity index (χ0) is 22.9. The average Bonchev–Trinajstić information content (AvgIpc) is 2.94. The summed E-state index contributed by atoms with van der Waals surface area (Å²) < 4.78 is 44.8. The van der Waals surface area contributed by atoms with Crippen LogP contribution in [0.15, 0.2) is 42.5 Å². The Morgan fingerprint density at radius 1 is 1.19 bits per heavy atom. The molecule has 0 radical (unpaired) electrons. The van der Waals surface area contributed by atoms with Gasteiger partial charge in [-0.1, -0.05) is 18.2 Å². The van der Waals surface area contributed by atoms with Crippen LogP contribution in [0.2, 0.25) is 0 Å². The summed E-state index contributed by atoms with van der Waals surface area (Å²) in [6.45, 7) is 0.311. The van der Waals surface area contributed by atoms with E-state index in [1.807, 2.05) is 12.1 Å². The van der Waals surface area contributed by atoms with E-state index in [1.165, 1.54) is 17.7 Å². The van der Waals surface area contributed by atoms with Gasteiger partial charge in [-0.05, 0) is 81.1 Å². The minimum absolute atomic E-state index is 0.169. The van der Waals surface area contributed by atoms with E-state index in [9.17, 15) is 18.0 Å². The van der Waals surface area contributed by atoms with Crippen molar-refractivity contribution in [3.63, 3.8) is 0 Å². The van der Waals surface area contributed by atoms with E-state index in [0.29, 0.717) is 36.6 Å². The van der Waals surface area contributed by atoms with Crippen molar-refractivity contribution in [1.82, 2.24) is 4.90 Å². The molecule has 0 spiro atoms. The number of halogens is 3. The molecule has 1 unspecified atom stereocenters. The van der Waals surface area contributed by atoms with Gasteiger partial charge < -0.3 is 15.0 Å². The molecule has 32 heavy (non-hydrogen) atoms. The summed E-state index contributed by atoms with van der Waals surface area (Å²) >= 11 is 0. The second-order valence-electron chi connectivity index (χ2n) is 8.62. The van der Waals surface area contributed by atoms with Gasteiger partial charge in [0.2, 0.25) is 5.91 Å². The van der Waals surface area contributed by atoms with E-state index in [-0.39, 0.29) is 11.7 Å². The number of hydrogen-bond donors (Lipinski definition) is 1. The summed E-state index contributed by atoms with van der Waals surface area (Å²) in [5, 5.41) is 3.01. The molecule has 7 heteroatoms. The zero-order valence-corrected chi connectivity index (χ0v) is 18.3. The first-order chi connectivity index (χ1) is 15.2. The third-order valence-electron chi connectivity index (χ3n) is 6.26. The highest BCUT2D eigenvalue weighted by Gasteiger charge is 2.32. The summed E-state index contributed by atoms with van der Waals surface area (Å²) in [5.41, 5.74) is 3.67. The molecule has 4 rings (SSSR count). The van der Waals surface area contributed by atoms with E-state index < -0.39 is 11.7 Å². The van der Waals surface area contributed by atoms with Crippen molar-refractivity contribution in [3.8, 4) is 5.75 Å². The second kappa shape index (κ2) is 8.98. The number of nitrogens with zero attached hydrogens (tertiary/aromatic N) is 1. The first kappa shape index (κ1) is 22.4. The number of ether oxygens (including phenoxy) is 1. The third-order valence-corrected chi connectivity index (χ3v) is 6.26. The molecule has 0 saturated carbocycles. The lowest BCUT2D eigenvalue weighted by Gasteiger charge is -2.31. The monoisotopic (exact) mass is 444 g/mol. The fourth-order valence-electron chi connectivity index (χ4n) is 4.47. The Kier molecular flexibility index (Phi) is 6.29. The van der Waals surface area contributed by atoms with Gasteiger partial charge in [-0.3, -0.25) is 4.79 Å². The summed E-state index contributed by atoms with van der Waals surface area (Å²) in [7, 11) is 4.13. The van der Waals surface area contributed by atoms with Crippen molar-refractivity contribution in [2.45, 2.75) is 44.3 Å². The lowest BCUT2D eigenvalue weighted by atomic mass is 9.86. The molecule has 1 heterocycles. The number of carbonyl (C=O) groups is 1. The van der Waals surface area contributed by atoms with Crippen molar-refractivity contribution in [2.75, 3.05) is 26.0 Å². The van der Waals surface area contributed by atoms with Gasteiger partial charge in [-0.2, -0.15) is 13.2 Å². The number of benzene rings is 2. The summed E-state index contributed by atoms with van der Waals surface area (Å²) in [6.07, 6.45) is 1.15. The molecule has 0 fully saturated rings. The normalized spacial score (nSPS) is 19.7. The molecule has 1 aliphatic carbocycles. The van der Waals surface area contributed by atoms with E-state index in [1.54, 1.807) is 0 Å². The Morgan fingerprint density at radius 3 is 2.75 bits per heavy atom. The lowest BCUT2D eigenvalue weighted by molar-refractivity contribution is -0.137. The van der Waals surface area contributed by atoms with Crippen LogP contribution in [-0.4, -0.2) is 37.6 Å². The van der Waals surface area contributed by atoms with Crippen LogP contribution in [-0.2, 0) is 23.8 Å². The molecule has 1 N–H and O–H groups in total. The zero-order valence-electron chi connectivity index (χ0n) is 18.3. The highest BCUT2D eigenvalue weighted by atomic mass is 19.4. The Labute approximate surface area is 186 Å². The van der Waals surface area contributed by atoms with Gasteiger partial charge in [0.05, 0.1) is 12.2 Å². The van der Waals surface area contributed by atoms with Crippen LogP contribution in [0.1, 0.15) is 41.5 Å². The topological polar surface area (TPSA) is 41.6 Å². The highest BCUT2D eigenvalue weighted by molar-refractivity contribution is 6.04. The predicted molar refractivity (Wildman–Crippen MR) is 119 cm³/mol. The summed E-state index contributed by atoms with van der Waals surface area (Å²) in [4.78, 5) is 15.1. The summed E-state index contributed by atoms with van der Waals surface area (Å²) in [5.74, 6) is -0.115. The van der Waals surface area contributed by atoms with Crippen molar-refractivity contribution >= 4 is 17.2 Å². The number of nitrogens with one attached hydrogen (secondary N) is 1. The molecule has 1 amide bonds. The second-order valence-corrected chi connectivity index (χ2v) is 8.62. The Balaban J connectivity index is 1.59. The largest absolute Gasteiger partial charge is 0.493 e. The number of likely N-dealkylation sites (N-methyl/N-ethyl adjacent to an activating group) is 1. The molecule has 2 aliphatic rings. The maximum atomic E-state index is 13.1. The number of alkyl halides is 3. The highest BCUT2D eigenvalue weighted by Crippen LogP contribution is 2.38. The van der Waals surface area contributed by atoms with Gasteiger partial charge in [0, 0.05) is 23.4 Å². The van der Waals surface area contributed by atoms with E-state index in [4.69, 9.17) is 4.74 Å². The predicted octanol–water partition coefficient (Wildman–Crippen LogP) is 5.32. The van der Waals surface area contributed by atoms with Gasteiger partial charge >= 0.3 is 6.18 Å². The Bertz CT molecular complexity index is 1040. The maximum absolute atomic E-state index is 13.1. The summed E-state index contributed by atoms with van der Waals surface area (Å²) in [6, 6.07) is 9.84. The Hall–Kier alpha value is -2.80. The molecule has 170 valence electrons. The minimum Gasteiger partial charge on any atom is -0.493 e. The SMILES string of the molecule is CN(C)C1CCc2cccc(NC(=O)/C=C3\CCCOc4cc(C(F)(F)F)ccc43)c2C1. The van der Waals surface area contributed by atoms with Crippen molar-refractivity contribution in [3.05, 3.63) is 64.7 Å². The number of hydrogen-bond acceptors (Lipinski definition) is 3. The first-order valence-electron chi connectivity index (χ1n) is 10.9. The smallest absolute Gasteiger partial charge is 0.416 e. The lowest BCUT2D eigenvalue weighted by Crippen LogP contribution is -2.34. The van der Waals surface area contributed by atoms with Crippen LogP contribution in [0.25, 0.3) is 5.57 Å². The Morgan fingerprint density at radius 2 is 2.00 bits per heavy atom. The minimum atomic E-state index is -4.44. The molecule has 0 aromatic heterocycles. The maximum Gasteiger partial charge on any atom is 0.416 e. The molecule has 1 atom stereocenters. The van der Waals surface area contributed by atoms with Crippen LogP contribution in [0.5, 0.6) is 5.75 Å². The van der Waals surface area contributed by atoms with E-state index >= 15 is 0 Å². The molecule has 1 aliphatic heterocycles. The number of allylic oxidation sites excluding steroid dienone is 1. The number of carbonyl (C=O) groups excluding carboxylic acids is 1. The number of aryl methyl sites for hydroxylation is 1. The van der Waals surface area contributed by atoms with Crippen LogP contribution in [0, 0.1) is 0 Å². The third kappa shape index (κ3) is 4.83. The number of amides is 1. The molecule has 2 aromatic carbocycles. The number of anilines is 1. The average molecular weight is 444 g/mol. The van der Waals surface area contributed by atoms with Crippen LogP contribution >= 0.6 is 0 Å². The number of fused-ring (bicyclic) bond motifs is 2. The van der Waals surface area contributed by atoms with Crippen molar-refractivity contribution in [2.24, 2.45) is 0 Å². The van der Waals surface area contributed by atoms with E-state index in [2.05, 4.69) is 30.4 Å². The molecule has 0 bridgehead atoms. The fourth-order valence-corrected chi connectivity index (χ4v) is 4.47. The van der Waals surface area contributed by atoms with Crippen LogP contribution < -0.4 is 10.1 Å². The van der Waals surface area contributed by atoms with Gasteiger partial charge in [0.1, 0.15) is 5.75 Å². The standard InChI is InChI=1S/C25H27F3N2O2/c1-30(2)19-10-8-16-5-3-7-22(21(16)15-19)29-24(31)13-17-6-4-12-32-23-14-18(25(26,27)28)9-11-20(17)23/h3,5,7,9,11,13-14,19H,4,6,8,10,12,15H2,1-2H3,(H,29,31)/b17-13+. The molecular weight excluding hydrogens is 417 g/mol. The fraction of sp³-hybridized carbons (Fsp3) is 0.400. The number of rotatable bonds is 3. The van der Waals surface area contributed by atoms with Gasteiger partial charge in [-0.25, -0.2) is 0 Å². The molecule has 4 nitrogen and oxygen atoms in total. The molecule has 0 saturated heterocycles.